The summed E-state index contributed by atoms with van der Waals surface area (Å²) in [6.45, 7) is 3.47. The predicted molar refractivity (Wildman–Crippen MR) is 139 cm³/mol. The van der Waals surface area contributed by atoms with Gasteiger partial charge in [-0.05, 0) is 41.9 Å². The molecule has 212 valence electrons. The van der Waals surface area contributed by atoms with Crippen LogP contribution < -0.4 is 11.5 Å². The number of nitrogens with zero attached hydrogens (tertiary/aromatic N) is 6. The second-order valence-corrected chi connectivity index (χ2v) is 9.47. The van der Waals surface area contributed by atoms with Crippen LogP contribution in [0.4, 0.5) is 19.0 Å². The molecule has 1 atom stereocenters. The molecule has 0 spiro atoms. The molecule has 1 aromatic carbocycles. The van der Waals surface area contributed by atoms with E-state index in [4.69, 9.17) is 54.2 Å². The minimum absolute atomic E-state index is 0.0467. The maximum atomic E-state index is 13.5. The highest BCUT2D eigenvalue weighted by Crippen LogP contribution is 2.37. The molecule has 1 saturated heterocycles. The van der Waals surface area contributed by atoms with Crippen LogP contribution >= 0.6 is 23.2 Å². The number of hydrogen-bond acceptors (Lipinski definition) is 9. The van der Waals surface area contributed by atoms with Gasteiger partial charge in [-0.3, -0.25) is 9.78 Å². The van der Waals surface area contributed by atoms with Crippen molar-refractivity contribution in [2.45, 2.75) is 32.1 Å². The molecule has 3 aromatic heterocycles. The van der Waals surface area contributed by atoms with Crippen LogP contribution in [0.25, 0.3) is 33.8 Å². The largest absolute Gasteiger partial charge is 0.490 e. The van der Waals surface area contributed by atoms with Crippen LogP contribution in [-0.2, 0) is 11.3 Å². The van der Waals surface area contributed by atoms with E-state index >= 15 is 0 Å². The molecule has 17 heteroatoms. The van der Waals surface area contributed by atoms with Gasteiger partial charge in [0.15, 0.2) is 17.3 Å². The summed E-state index contributed by atoms with van der Waals surface area (Å²) in [5, 5.41) is 15.7. The minimum Gasteiger partial charge on any atom is -0.475 e. The molecule has 1 fully saturated rings. The van der Waals surface area contributed by atoms with Crippen molar-refractivity contribution in [2.75, 3.05) is 18.8 Å². The van der Waals surface area contributed by atoms with Gasteiger partial charge < -0.3 is 26.0 Å². The number of imidazole rings is 1. The van der Waals surface area contributed by atoms with Gasteiger partial charge in [0, 0.05) is 42.5 Å². The van der Waals surface area contributed by atoms with Gasteiger partial charge in [-0.2, -0.15) is 13.2 Å². The Bertz CT molecular complexity index is 1590. The topological polar surface area (TPSA) is 179 Å². The number of carboxylic acid groups (broad SMARTS) is 1. The molecular formula is C23H21Cl2F3N8O4. The van der Waals surface area contributed by atoms with Crippen molar-refractivity contribution in [3.05, 3.63) is 40.0 Å². The summed E-state index contributed by atoms with van der Waals surface area (Å²) in [7, 11) is 0. The Hall–Kier alpha value is -3.95. The lowest BCUT2D eigenvalue weighted by Crippen LogP contribution is -2.32. The number of fused-ring (bicyclic) bond motifs is 1. The SMILES string of the molecule is CCn1c(-c2nonc2N)nc2c(-c3cc(Cl)ccc3Cl)ncc(C(=O)N3CCC(N)C3)c21.O=C(O)C(F)(F)F. The van der Waals surface area contributed by atoms with Crippen molar-refractivity contribution < 1.29 is 32.5 Å². The molecule has 0 aliphatic carbocycles. The van der Waals surface area contributed by atoms with Gasteiger partial charge in [0.05, 0.1) is 21.8 Å². The van der Waals surface area contributed by atoms with Crippen LogP contribution in [-0.4, -0.2) is 72.0 Å². The predicted octanol–water partition coefficient (Wildman–Crippen LogP) is 3.86. The Morgan fingerprint density at radius 3 is 2.48 bits per heavy atom. The average molecular weight is 601 g/mol. The zero-order chi connectivity index (χ0) is 29.4. The fraction of sp³-hybridized carbons (Fsp3) is 0.304. The van der Waals surface area contributed by atoms with E-state index in [1.807, 2.05) is 11.5 Å². The first-order valence-corrected chi connectivity index (χ1v) is 12.4. The first kappa shape index (κ1) is 29.0. The number of anilines is 1. The second-order valence-electron chi connectivity index (χ2n) is 8.62. The van der Waals surface area contributed by atoms with Gasteiger partial charge in [0.2, 0.25) is 0 Å². The molecule has 1 aliphatic rings. The highest BCUT2D eigenvalue weighted by atomic mass is 35.5. The lowest BCUT2D eigenvalue weighted by atomic mass is 10.1. The first-order valence-electron chi connectivity index (χ1n) is 11.6. The van der Waals surface area contributed by atoms with Crippen molar-refractivity contribution in [1.82, 2.24) is 29.7 Å². The third-order valence-corrected chi connectivity index (χ3v) is 6.54. The number of aryl methyl sites for hydroxylation is 1. The molecule has 1 unspecified atom stereocenters. The molecule has 1 amide bonds. The van der Waals surface area contributed by atoms with Crippen LogP contribution in [0, 0.1) is 0 Å². The summed E-state index contributed by atoms with van der Waals surface area (Å²) in [4.78, 5) is 33.5. The number of carbonyl (C=O) groups excluding carboxylic acids is 1. The van der Waals surface area contributed by atoms with Gasteiger partial charge in [0.25, 0.3) is 5.91 Å². The van der Waals surface area contributed by atoms with E-state index in [0.717, 1.165) is 6.42 Å². The average Bonchev–Trinajstić information content (AvgIpc) is 3.62. The smallest absolute Gasteiger partial charge is 0.475 e. The van der Waals surface area contributed by atoms with Crippen LogP contribution in [0.2, 0.25) is 10.0 Å². The van der Waals surface area contributed by atoms with Crippen LogP contribution in [0.15, 0.2) is 29.0 Å². The van der Waals surface area contributed by atoms with Crippen molar-refractivity contribution in [2.24, 2.45) is 5.73 Å². The number of likely N-dealkylation sites (tertiary alicyclic amines) is 1. The van der Waals surface area contributed by atoms with Crippen molar-refractivity contribution in [1.29, 1.82) is 0 Å². The highest BCUT2D eigenvalue weighted by molar-refractivity contribution is 6.35. The quantitative estimate of drug-likeness (QED) is 0.311. The number of benzene rings is 1. The zero-order valence-electron chi connectivity index (χ0n) is 20.6. The number of nitrogen functional groups attached to an aromatic ring is 1. The number of carbonyl (C=O) groups is 2. The normalized spacial score (nSPS) is 15.3. The van der Waals surface area contributed by atoms with E-state index in [1.54, 1.807) is 29.3 Å². The molecule has 12 nitrogen and oxygen atoms in total. The standard InChI is InChI=1S/C21H20Cl2N8O2.C2HF3O2/c1-2-31-18-13(21(32)30-6-5-11(24)9-30)8-26-15(12-7-10(22)3-4-14(12)23)16(18)27-20(31)17-19(25)29-33-28-17;3-2(4,5)1(6)7/h3-4,7-8,11H,2,5-6,9,24H2,1H3,(H2,25,29);(H,6,7). The summed E-state index contributed by atoms with van der Waals surface area (Å²) in [6, 6.07) is 5.05. The second kappa shape index (κ2) is 11.3. The summed E-state index contributed by atoms with van der Waals surface area (Å²) >= 11 is 12.7. The highest BCUT2D eigenvalue weighted by Gasteiger charge is 2.38. The molecule has 5 rings (SSSR count). The molecule has 0 radical (unpaired) electrons. The van der Waals surface area contributed by atoms with Crippen molar-refractivity contribution in [3.8, 4) is 22.8 Å². The summed E-state index contributed by atoms with van der Waals surface area (Å²) in [5.74, 6) is -2.43. The summed E-state index contributed by atoms with van der Waals surface area (Å²) < 4.78 is 38.4. The van der Waals surface area contributed by atoms with Crippen molar-refractivity contribution >= 4 is 51.9 Å². The first-order chi connectivity index (χ1) is 18.8. The number of aromatic nitrogens is 5. The minimum atomic E-state index is -5.08. The van der Waals surface area contributed by atoms with Crippen molar-refractivity contribution in [3.63, 3.8) is 0 Å². The molecule has 1 aliphatic heterocycles. The number of aliphatic carboxylic acids is 1. The Labute approximate surface area is 233 Å². The Morgan fingerprint density at radius 2 is 1.93 bits per heavy atom. The molecule has 0 bridgehead atoms. The van der Waals surface area contributed by atoms with E-state index in [-0.39, 0.29) is 23.5 Å². The van der Waals surface area contributed by atoms with E-state index in [9.17, 15) is 18.0 Å². The van der Waals surface area contributed by atoms with E-state index in [0.29, 0.717) is 63.4 Å². The number of nitrogens with two attached hydrogens (primary N) is 2. The summed E-state index contributed by atoms with van der Waals surface area (Å²) in [6.07, 6.45) is -2.79. The molecule has 5 N–H and O–H groups in total. The molecule has 0 saturated carbocycles. The van der Waals surface area contributed by atoms with Gasteiger partial charge in [-0.15, -0.1) is 0 Å². The van der Waals surface area contributed by atoms with E-state index < -0.39 is 12.1 Å². The maximum absolute atomic E-state index is 13.5. The number of pyridine rings is 1. The number of alkyl halides is 3. The number of hydrogen-bond donors (Lipinski definition) is 3. The third-order valence-electron chi connectivity index (χ3n) is 5.98. The molecule has 4 aromatic rings. The Kier molecular flexibility index (Phi) is 8.18. The van der Waals surface area contributed by atoms with Crippen LogP contribution in [0.5, 0.6) is 0 Å². The molecule has 40 heavy (non-hydrogen) atoms. The third kappa shape index (κ3) is 5.66. The van der Waals surface area contributed by atoms with E-state index in [2.05, 4.69) is 15.3 Å². The van der Waals surface area contributed by atoms with Crippen LogP contribution in [0.3, 0.4) is 0 Å². The van der Waals surface area contributed by atoms with Gasteiger partial charge in [-0.1, -0.05) is 23.2 Å². The van der Waals surface area contributed by atoms with Crippen LogP contribution in [0.1, 0.15) is 23.7 Å². The lowest BCUT2D eigenvalue weighted by Gasteiger charge is -2.17. The number of halogens is 5. The number of carboxylic acids is 1. The van der Waals surface area contributed by atoms with E-state index in [1.165, 1.54) is 0 Å². The number of amides is 1. The lowest BCUT2D eigenvalue weighted by molar-refractivity contribution is -0.192. The van der Waals surface area contributed by atoms with Gasteiger partial charge in [-0.25, -0.2) is 14.4 Å². The Morgan fingerprint density at radius 1 is 1.23 bits per heavy atom. The maximum Gasteiger partial charge on any atom is 0.490 e. The molecular weight excluding hydrogens is 580 g/mol. The molecule has 4 heterocycles. The fourth-order valence-corrected chi connectivity index (χ4v) is 4.54. The Balaban J connectivity index is 0.000000470. The number of rotatable bonds is 4. The zero-order valence-corrected chi connectivity index (χ0v) is 22.1. The van der Waals surface area contributed by atoms with Gasteiger partial charge >= 0.3 is 12.1 Å². The summed E-state index contributed by atoms with van der Waals surface area (Å²) in [5.41, 5.74) is 14.8. The van der Waals surface area contributed by atoms with Gasteiger partial charge in [0.1, 0.15) is 5.52 Å². The monoisotopic (exact) mass is 600 g/mol. The fourth-order valence-electron chi connectivity index (χ4n) is 4.16.